The number of nitrogens with zero attached hydrogens (tertiary/aromatic N) is 3. The van der Waals surface area contributed by atoms with Crippen LogP contribution in [0.4, 0.5) is 17.5 Å². The monoisotopic (exact) mass is 494 g/mol. The van der Waals surface area contributed by atoms with E-state index in [0.29, 0.717) is 41.8 Å². The summed E-state index contributed by atoms with van der Waals surface area (Å²) >= 11 is 1.03. The minimum Gasteiger partial charge on any atom is -0.493 e. The molecule has 5 rings (SSSR count). The molecule has 0 radical (unpaired) electrons. The van der Waals surface area contributed by atoms with Gasteiger partial charge in [0.15, 0.2) is 17.3 Å². The Labute approximate surface area is 206 Å². The number of carbonyl (C=O) groups is 2. The number of Topliss-reactive ketones (excluding diaryl/α,β-unsaturated/α-hetero) is 1. The summed E-state index contributed by atoms with van der Waals surface area (Å²) in [6.45, 7) is 1.18. The summed E-state index contributed by atoms with van der Waals surface area (Å²) in [5.74, 6) is 1.42. The van der Waals surface area contributed by atoms with E-state index in [1.807, 2.05) is 23.1 Å². The van der Waals surface area contributed by atoms with Crippen molar-refractivity contribution < 1.29 is 24.2 Å². The fourth-order valence-electron chi connectivity index (χ4n) is 4.66. The molecule has 1 saturated heterocycles. The number of hydrogen-bond acceptors (Lipinski definition) is 9. The van der Waals surface area contributed by atoms with Crippen molar-refractivity contribution in [3.8, 4) is 11.5 Å². The molecule has 0 saturated carbocycles. The number of ether oxygens (including phenoxy) is 2. The molecule has 35 heavy (non-hydrogen) atoms. The van der Waals surface area contributed by atoms with Crippen LogP contribution >= 0.6 is 11.3 Å². The number of aromatic carboxylic acids is 1. The number of thiophene rings is 1. The largest absolute Gasteiger partial charge is 0.493 e. The first kappa shape index (κ1) is 23.1. The third-order valence-electron chi connectivity index (χ3n) is 6.47. The number of carbonyl (C=O) groups excluding carboxylic acids is 1. The summed E-state index contributed by atoms with van der Waals surface area (Å²) < 4.78 is 10.8. The van der Waals surface area contributed by atoms with Gasteiger partial charge in [-0.3, -0.25) is 4.79 Å². The Morgan fingerprint density at radius 1 is 1.09 bits per heavy atom. The highest BCUT2D eigenvalue weighted by Crippen LogP contribution is 2.35. The van der Waals surface area contributed by atoms with Crippen LogP contribution in [0.5, 0.6) is 11.5 Å². The van der Waals surface area contributed by atoms with Gasteiger partial charge in [-0.1, -0.05) is 0 Å². The predicted octanol–water partition coefficient (Wildman–Crippen LogP) is 4.20. The van der Waals surface area contributed by atoms with Crippen LogP contribution in [-0.2, 0) is 12.8 Å². The zero-order chi connectivity index (χ0) is 24.5. The van der Waals surface area contributed by atoms with Gasteiger partial charge in [0.05, 0.1) is 24.8 Å². The molecule has 1 aromatic carbocycles. The lowest BCUT2D eigenvalue weighted by molar-refractivity contribution is 0.0702. The smallest absolute Gasteiger partial charge is 0.345 e. The van der Waals surface area contributed by atoms with Crippen LogP contribution in [0, 0.1) is 5.92 Å². The van der Waals surface area contributed by atoms with Crippen molar-refractivity contribution in [2.45, 2.75) is 25.7 Å². The lowest BCUT2D eigenvalue weighted by atomic mass is 10.0. The van der Waals surface area contributed by atoms with Gasteiger partial charge in [0, 0.05) is 36.3 Å². The fraction of sp³-hybridized carbons (Fsp3) is 0.360. The quantitative estimate of drug-likeness (QED) is 0.445. The zero-order valence-electron chi connectivity index (χ0n) is 19.5. The summed E-state index contributed by atoms with van der Waals surface area (Å²) in [4.78, 5) is 36.6. The van der Waals surface area contributed by atoms with Crippen molar-refractivity contribution in [3.63, 3.8) is 0 Å². The van der Waals surface area contributed by atoms with Crippen molar-refractivity contribution in [2.75, 3.05) is 37.5 Å². The molecule has 2 aromatic heterocycles. The zero-order valence-corrected chi connectivity index (χ0v) is 20.4. The molecule has 9 nitrogen and oxygen atoms in total. The summed E-state index contributed by atoms with van der Waals surface area (Å²) in [6, 6.07) is 8.74. The van der Waals surface area contributed by atoms with E-state index in [2.05, 4.69) is 5.32 Å². The topological polar surface area (TPSA) is 114 Å². The molecule has 0 amide bonds. The number of nitrogens with one attached hydrogen (secondary N) is 1. The second-order valence-corrected chi connectivity index (χ2v) is 9.69. The molecule has 3 heterocycles. The van der Waals surface area contributed by atoms with Crippen molar-refractivity contribution in [1.29, 1.82) is 0 Å². The molecule has 1 atom stereocenters. The molecule has 182 valence electrons. The highest BCUT2D eigenvalue weighted by molar-refractivity contribution is 7.15. The lowest BCUT2D eigenvalue weighted by Crippen LogP contribution is -2.25. The highest BCUT2D eigenvalue weighted by atomic mass is 32.1. The number of methoxy groups -OCH3 is 2. The molecule has 2 aliphatic rings. The van der Waals surface area contributed by atoms with E-state index in [0.717, 1.165) is 53.4 Å². The van der Waals surface area contributed by atoms with Gasteiger partial charge in [-0.2, -0.15) is 4.98 Å². The Hall–Kier alpha value is -3.66. The summed E-state index contributed by atoms with van der Waals surface area (Å²) in [7, 11) is 3.21. The Kier molecular flexibility index (Phi) is 6.29. The maximum Gasteiger partial charge on any atom is 0.345 e. The Bertz CT molecular complexity index is 1290. The second kappa shape index (κ2) is 9.53. The molecule has 0 bridgehead atoms. The number of aryl methyl sites for hydroxylation is 1. The van der Waals surface area contributed by atoms with Crippen molar-refractivity contribution >= 4 is 40.5 Å². The average molecular weight is 495 g/mol. The van der Waals surface area contributed by atoms with Crippen LogP contribution < -0.4 is 19.7 Å². The molecule has 1 fully saturated rings. The van der Waals surface area contributed by atoms with Crippen LogP contribution in [-0.4, -0.2) is 54.1 Å². The van der Waals surface area contributed by atoms with Gasteiger partial charge >= 0.3 is 5.97 Å². The molecule has 3 aromatic rings. The number of fused-ring (bicyclic) bond motifs is 1. The van der Waals surface area contributed by atoms with Crippen LogP contribution in [0.3, 0.4) is 0 Å². The standard InChI is InChI=1S/C25H26N4O5S/c1-33-18-7-6-15(12-19(18)34-2)26-23-16-4-3-5-17(16)27-25(28-23)29-11-10-14(13-29)22(30)20-8-9-21(35-20)24(31)32/h6-9,12,14H,3-5,10-11,13H2,1-2H3,(H,31,32)(H,26,27,28). The van der Waals surface area contributed by atoms with Gasteiger partial charge in [-0.05, 0) is 49.9 Å². The van der Waals surface area contributed by atoms with Gasteiger partial charge in [0.1, 0.15) is 10.7 Å². The number of hydrogen-bond donors (Lipinski definition) is 2. The van der Waals surface area contributed by atoms with Crippen LogP contribution in [0.2, 0.25) is 0 Å². The van der Waals surface area contributed by atoms with E-state index >= 15 is 0 Å². The number of ketones is 1. The minimum atomic E-state index is -1.01. The maximum absolute atomic E-state index is 13.0. The average Bonchev–Trinajstić information content (AvgIpc) is 3.64. The number of aromatic nitrogens is 2. The van der Waals surface area contributed by atoms with Gasteiger partial charge in [0.2, 0.25) is 5.95 Å². The van der Waals surface area contributed by atoms with Crippen molar-refractivity contribution in [2.24, 2.45) is 5.92 Å². The molecule has 0 spiro atoms. The first-order chi connectivity index (χ1) is 17.0. The number of benzene rings is 1. The Morgan fingerprint density at radius 3 is 2.63 bits per heavy atom. The molecule has 1 aliphatic carbocycles. The molecular formula is C25H26N4O5S. The number of anilines is 3. The third-order valence-corrected chi connectivity index (χ3v) is 7.56. The van der Waals surface area contributed by atoms with Gasteiger partial charge in [-0.25, -0.2) is 9.78 Å². The lowest BCUT2D eigenvalue weighted by Gasteiger charge is -2.19. The number of rotatable bonds is 8. The minimum absolute atomic E-state index is 0.0187. The molecule has 10 heteroatoms. The molecule has 1 aliphatic heterocycles. The summed E-state index contributed by atoms with van der Waals surface area (Å²) in [6.07, 6.45) is 3.52. The maximum atomic E-state index is 13.0. The molecule has 1 unspecified atom stereocenters. The molecule has 2 N–H and O–H groups in total. The van der Waals surface area contributed by atoms with E-state index in [9.17, 15) is 9.59 Å². The normalized spacial score (nSPS) is 16.7. The van der Waals surface area contributed by atoms with E-state index in [4.69, 9.17) is 24.5 Å². The molecular weight excluding hydrogens is 468 g/mol. The van der Waals surface area contributed by atoms with E-state index in [-0.39, 0.29) is 16.6 Å². The van der Waals surface area contributed by atoms with Crippen LogP contribution in [0.15, 0.2) is 30.3 Å². The van der Waals surface area contributed by atoms with Gasteiger partial charge < -0.3 is 24.8 Å². The first-order valence-electron chi connectivity index (χ1n) is 11.5. The van der Waals surface area contributed by atoms with E-state index < -0.39 is 5.97 Å². The summed E-state index contributed by atoms with van der Waals surface area (Å²) in [5, 5.41) is 12.6. The fourth-order valence-corrected chi connectivity index (χ4v) is 5.52. The van der Waals surface area contributed by atoms with Crippen LogP contribution in [0.1, 0.15) is 43.4 Å². The SMILES string of the molecule is COc1ccc(Nc2nc(N3CCC(C(=O)c4ccc(C(=O)O)s4)C3)nc3c2CCC3)cc1OC. The summed E-state index contributed by atoms with van der Waals surface area (Å²) in [5.41, 5.74) is 3.00. The third kappa shape index (κ3) is 4.53. The number of carboxylic acid groups (broad SMARTS) is 1. The van der Waals surface area contributed by atoms with Crippen molar-refractivity contribution in [3.05, 3.63) is 51.3 Å². The predicted molar refractivity (Wildman–Crippen MR) is 133 cm³/mol. The highest BCUT2D eigenvalue weighted by Gasteiger charge is 2.32. The van der Waals surface area contributed by atoms with E-state index in [1.54, 1.807) is 20.3 Å². The Morgan fingerprint density at radius 2 is 1.89 bits per heavy atom. The number of carboxylic acids is 1. The second-order valence-electron chi connectivity index (χ2n) is 8.61. The van der Waals surface area contributed by atoms with Gasteiger partial charge in [-0.15, -0.1) is 11.3 Å². The van der Waals surface area contributed by atoms with Gasteiger partial charge in [0.25, 0.3) is 0 Å². The van der Waals surface area contributed by atoms with Crippen molar-refractivity contribution in [1.82, 2.24) is 9.97 Å². The Balaban J connectivity index is 1.37. The van der Waals surface area contributed by atoms with Crippen LogP contribution in [0.25, 0.3) is 0 Å². The van der Waals surface area contributed by atoms with E-state index in [1.165, 1.54) is 6.07 Å². The first-order valence-corrected chi connectivity index (χ1v) is 12.3.